The first-order valence-corrected chi connectivity index (χ1v) is 11.4. The van der Waals surface area contributed by atoms with Crippen molar-refractivity contribution < 1.29 is 23.8 Å². The van der Waals surface area contributed by atoms with Gasteiger partial charge in [0.1, 0.15) is 17.8 Å². The van der Waals surface area contributed by atoms with Crippen molar-refractivity contribution in [3.8, 4) is 17.2 Å². The molecule has 2 amide bonds. The van der Waals surface area contributed by atoms with Gasteiger partial charge < -0.3 is 24.4 Å². The number of carbonyl (C=O) groups is 2. The first-order valence-electron chi connectivity index (χ1n) is 11.4. The zero-order valence-electron chi connectivity index (χ0n) is 17.9. The maximum absolute atomic E-state index is 13.9. The van der Waals surface area contributed by atoms with Crippen LogP contribution in [0.15, 0.2) is 36.4 Å². The van der Waals surface area contributed by atoms with E-state index in [9.17, 15) is 9.59 Å². The molecule has 1 fully saturated rings. The van der Waals surface area contributed by atoms with Crippen LogP contribution >= 0.6 is 0 Å². The van der Waals surface area contributed by atoms with E-state index in [0.29, 0.717) is 36.8 Å². The van der Waals surface area contributed by atoms with Crippen LogP contribution < -0.4 is 24.4 Å². The molecule has 2 aromatic carbocycles. The van der Waals surface area contributed by atoms with Crippen LogP contribution in [0.4, 0.5) is 5.69 Å². The van der Waals surface area contributed by atoms with Crippen molar-refractivity contribution in [3.63, 3.8) is 0 Å². The monoisotopic (exact) mass is 434 g/mol. The van der Waals surface area contributed by atoms with Crippen molar-refractivity contribution in [3.05, 3.63) is 47.5 Å². The van der Waals surface area contributed by atoms with E-state index >= 15 is 0 Å². The highest BCUT2D eigenvalue weighted by Crippen LogP contribution is 2.54. The third-order valence-electron chi connectivity index (χ3n) is 7.23. The van der Waals surface area contributed by atoms with Gasteiger partial charge in [-0.3, -0.25) is 9.59 Å². The Balaban J connectivity index is 1.24. The number of fused-ring (bicyclic) bond motifs is 5. The van der Waals surface area contributed by atoms with Crippen LogP contribution in [-0.2, 0) is 15.0 Å². The number of benzene rings is 2. The highest BCUT2D eigenvalue weighted by molar-refractivity contribution is 6.11. The molecule has 3 heterocycles. The van der Waals surface area contributed by atoms with E-state index in [0.717, 1.165) is 42.5 Å². The number of carbonyl (C=O) groups excluding carboxylic acids is 2. The van der Waals surface area contributed by atoms with Gasteiger partial charge in [-0.25, -0.2) is 0 Å². The van der Waals surface area contributed by atoms with Crippen molar-refractivity contribution in [1.29, 1.82) is 0 Å². The lowest BCUT2D eigenvalue weighted by molar-refractivity contribution is -0.124. The Morgan fingerprint density at radius 1 is 1.03 bits per heavy atom. The van der Waals surface area contributed by atoms with E-state index in [2.05, 4.69) is 5.32 Å². The summed E-state index contributed by atoms with van der Waals surface area (Å²) < 4.78 is 17.1. The fourth-order valence-corrected chi connectivity index (χ4v) is 5.57. The molecule has 6 rings (SSSR count). The second-order valence-corrected chi connectivity index (χ2v) is 9.00. The Morgan fingerprint density at radius 2 is 1.81 bits per heavy atom. The molecule has 7 nitrogen and oxygen atoms in total. The number of nitrogens with zero attached hydrogens (tertiary/aromatic N) is 1. The maximum Gasteiger partial charge on any atom is 0.245 e. The maximum atomic E-state index is 13.9. The van der Waals surface area contributed by atoms with Crippen LogP contribution in [0, 0.1) is 5.92 Å². The van der Waals surface area contributed by atoms with Gasteiger partial charge in [-0.2, -0.15) is 0 Å². The number of amides is 2. The smallest absolute Gasteiger partial charge is 0.245 e. The number of anilines is 1. The standard InChI is InChI=1S/C25H26N2O5/c28-23(16-6-1-2-7-16)26-10-5-11-27-19-9-4-3-8-17(19)25(24(27)29)14-30-20-13-22-21(12-18(20)25)31-15-32-22/h3-4,8-9,12-13,16H,1-2,5-7,10-11,14-15H2,(H,26,28). The third-order valence-corrected chi connectivity index (χ3v) is 7.23. The summed E-state index contributed by atoms with van der Waals surface area (Å²) in [7, 11) is 0. The van der Waals surface area contributed by atoms with E-state index in [1.807, 2.05) is 41.3 Å². The van der Waals surface area contributed by atoms with Gasteiger partial charge in [-0.05, 0) is 37.0 Å². The number of para-hydroxylation sites is 1. The third kappa shape index (κ3) is 2.80. The summed E-state index contributed by atoms with van der Waals surface area (Å²) in [5.74, 6) is 2.29. The summed E-state index contributed by atoms with van der Waals surface area (Å²) in [6.45, 7) is 1.55. The second kappa shape index (κ2) is 7.43. The zero-order chi connectivity index (χ0) is 21.7. The highest BCUT2D eigenvalue weighted by atomic mass is 16.7. The number of nitrogens with one attached hydrogen (secondary N) is 1. The molecule has 3 aliphatic heterocycles. The molecule has 0 radical (unpaired) electrons. The van der Waals surface area contributed by atoms with Gasteiger partial charge in [0.05, 0.1) is 0 Å². The van der Waals surface area contributed by atoms with Crippen LogP contribution in [0.25, 0.3) is 0 Å². The minimum atomic E-state index is -0.875. The molecular formula is C25H26N2O5. The first-order chi connectivity index (χ1) is 15.7. The van der Waals surface area contributed by atoms with Gasteiger partial charge in [0, 0.05) is 36.3 Å². The molecule has 0 aromatic heterocycles. The number of rotatable bonds is 5. The SMILES string of the molecule is O=C(NCCCN1C(=O)C2(COc3cc4c(cc32)OCO4)c2ccccc21)C1CCCC1. The molecule has 7 heteroatoms. The quantitative estimate of drug-likeness (QED) is 0.732. The zero-order valence-corrected chi connectivity index (χ0v) is 17.9. The van der Waals surface area contributed by atoms with Crippen LogP contribution in [0.3, 0.4) is 0 Å². The molecule has 32 heavy (non-hydrogen) atoms. The van der Waals surface area contributed by atoms with Crippen LogP contribution in [-0.4, -0.2) is 38.3 Å². The topological polar surface area (TPSA) is 77.1 Å². The molecule has 0 saturated heterocycles. The van der Waals surface area contributed by atoms with Crippen molar-refractivity contribution in [2.24, 2.45) is 5.92 Å². The lowest BCUT2D eigenvalue weighted by atomic mass is 9.77. The summed E-state index contributed by atoms with van der Waals surface area (Å²) in [5.41, 5.74) is 1.82. The van der Waals surface area contributed by atoms with Gasteiger partial charge >= 0.3 is 0 Å². The minimum Gasteiger partial charge on any atom is -0.491 e. The van der Waals surface area contributed by atoms with Crippen LogP contribution in [0.2, 0.25) is 0 Å². The Labute approximate surface area is 186 Å². The molecule has 166 valence electrons. The van der Waals surface area contributed by atoms with Gasteiger partial charge in [-0.1, -0.05) is 31.0 Å². The van der Waals surface area contributed by atoms with Crippen LogP contribution in [0.1, 0.15) is 43.2 Å². The average molecular weight is 434 g/mol. The molecule has 1 unspecified atom stereocenters. The van der Waals surface area contributed by atoms with Crippen molar-refractivity contribution >= 4 is 17.5 Å². The van der Waals surface area contributed by atoms with Gasteiger partial charge in [0.15, 0.2) is 11.5 Å². The summed E-state index contributed by atoms with van der Waals surface area (Å²) in [6.07, 6.45) is 4.96. The van der Waals surface area contributed by atoms with E-state index in [1.54, 1.807) is 0 Å². The van der Waals surface area contributed by atoms with E-state index in [-0.39, 0.29) is 31.1 Å². The molecule has 0 bridgehead atoms. The summed E-state index contributed by atoms with van der Waals surface area (Å²) >= 11 is 0. The number of hydrogen-bond donors (Lipinski definition) is 1. The van der Waals surface area contributed by atoms with Crippen molar-refractivity contribution in [2.45, 2.75) is 37.5 Å². The Kier molecular flexibility index (Phi) is 4.52. The van der Waals surface area contributed by atoms with Crippen molar-refractivity contribution in [2.75, 3.05) is 31.4 Å². The fourth-order valence-electron chi connectivity index (χ4n) is 5.57. The number of ether oxygens (including phenoxy) is 3. The lowest BCUT2D eigenvalue weighted by Gasteiger charge is -2.23. The predicted octanol–water partition coefficient (Wildman–Crippen LogP) is 3.14. The Bertz CT molecular complexity index is 1090. The molecule has 1 spiro atoms. The van der Waals surface area contributed by atoms with Crippen molar-refractivity contribution in [1.82, 2.24) is 5.32 Å². The second-order valence-electron chi connectivity index (χ2n) is 9.00. The van der Waals surface area contributed by atoms with E-state index in [4.69, 9.17) is 14.2 Å². The molecular weight excluding hydrogens is 408 g/mol. The van der Waals surface area contributed by atoms with E-state index < -0.39 is 5.41 Å². The molecule has 1 aliphatic carbocycles. The van der Waals surface area contributed by atoms with Crippen LogP contribution in [0.5, 0.6) is 17.2 Å². The lowest BCUT2D eigenvalue weighted by Crippen LogP contribution is -2.43. The fraction of sp³-hybridized carbons (Fsp3) is 0.440. The summed E-state index contributed by atoms with van der Waals surface area (Å²) in [6, 6.07) is 11.6. The first kappa shape index (κ1) is 19.5. The molecule has 4 aliphatic rings. The predicted molar refractivity (Wildman–Crippen MR) is 117 cm³/mol. The van der Waals surface area contributed by atoms with Gasteiger partial charge in [-0.15, -0.1) is 0 Å². The molecule has 1 saturated carbocycles. The average Bonchev–Trinajstić information content (AvgIpc) is 3.59. The highest BCUT2D eigenvalue weighted by Gasteiger charge is 2.57. The molecule has 2 aromatic rings. The Morgan fingerprint density at radius 3 is 2.66 bits per heavy atom. The van der Waals surface area contributed by atoms with Gasteiger partial charge in [0.25, 0.3) is 0 Å². The number of hydrogen-bond acceptors (Lipinski definition) is 5. The minimum absolute atomic E-state index is 0.0124. The normalized spacial score (nSPS) is 22.9. The Hall–Kier alpha value is -3.22. The molecule has 1 atom stereocenters. The summed E-state index contributed by atoms with van der Waals surface area (Å²) in [4.78, 5) is 28.0. The van der Waals surface area contributed by atoms with E-state index in [1.165, 1.54) is 0 Å². The summed E-state index contributed by atoms with van der Waals surface area (Å²) in [5, 5.41) is 3.06. The molecule has 1 N–H and O–H groups in total. The largest absolute Gasteiger partial charge is 0.491 e. The van der Waals surface area contributed by atoms with Gasteiger partial charge in [0.2, 0.25) is 18.6 Å².